The molecule has 1 aliphatic carbocycles. The molecule has 28 heavy (non-hydrogen) atoms. The summed E-state index contributed by atoms with van der Waals surface area (Å²) in [5, 5.41) is 17.0. The first-order valence-corrected chi connectivity index (χ1v) is 9.66. The zero-order valence-electron chi connectivity index (χ0n) is 16.2. The molecule has 148 valence electrons. The molecule has 0 bridgehead atoms. The number of hydrogen-bond acceptors (Lipinski definition) is 3. The van der Waals surface area contributed by atoms with Crippen molar-refractivity contribution in [1.82, 2.24) is 15.1 Å². The maximum Gasteiger partial charge on any atom is 0.303 e. The highest BCUT2D eigenvalue weighted by molar-refractivity contribution is 6.30. The molecule has 7 heteroatoms. The Morgan fingerprint density at radius 1 is 1.25 bits per heavy atom. The van der Waals surface area contributed by atoms with Crippen molar-refractivity contribution in [2.75, 3.05) is 0 Å². The zero-order valence-corrected chi connectivity index (χ0v) is 17.0. The summed E-state index contributed by atoms with van der Waals surface area (Å²) in [6.07, 6.45) is 4.66. The number of aliphatic carboxylic acids is 1. The summed E-state index contributed by atoms with van der Waals surface area (Å²) in [7, 11) is 0. The van der Waals surface area contributed by atoms with Gasteiger partial charge in [0.25, 0.3) is 0 Å². The predicted octanol–water partition coefficient (Wildman–Crippen LogP) is 3.84. The molecule has 0 saturated heterocycles. The number of carboxylic acids is 1. The van der Waals surface area contributed by atoms with Gasteiger partial charge in [-0.15, -0.1) is 0 Å². The van der Waals surface area contributed by atoms with Gasteiger partial charge in [-0.05, 0) is 51.0 Å². The number of nitrogens with zero attached hydrogens (tertiary/aromatic N) is 2. The van der Waals surface area contributed by atoms with Crippen LogP contribution in [0.2, 0.25) is 5.02 Å². The molecule has 0 aliphatic heterocycles. The van der Waals surface area contributed by atoms with E-state index in [1.807, 2.05) is 42.8 Å². The minimum atomic E-state index is -0.967. The first-order chi connectivity index (χ1) is 13.3. The number of halogens is 1. The minimum absolute atomic E-state index is 0.00380. The highest BCUT2D eigenvalue weighted by Crippen LogP contribution is 2.34. The number of aryl methyl sites for hydroxylation is 2. The molecular formula is C21H24ClN3O3. The first kappa shape index (κ1) is 20.1. The van der Waals surface area contributed by atoms with E-state index in [4.69, 9.17) is 21.8 Å². The normalized spacial score (nSPS) is 18.4. The number of carbonyl (C=O) groups excluding carboxylic acids is 1. The van der Waals surface area contributed by atoms with Crippen molar-refractivity contribution in [3.63, 3.8) is 0 Å². The van der Waals surface area contributed by atoms with Crippen LogP contribution in [-0.4, -0.2) is 32.8 Å². The Labute approximate surface area is 169 Å². The van der Waals surface area contributed by atoms with Crippen LogP contribution in [0.4, 0.5) is 0 Å². The molecule has 2 aromatic rings. The Morgan fingerprint density at radius 3 is 2.68 bits per heavy atom. The van der Waals surface area contributed by atoms with Crippen LogP contribution in [0.15, 0.2) is 30.4 Å². The van der Waals surface area contributed by atoms with Gasteiger partial charge < -0.3 is 10.4 Å². The third kappa shape index (κ3) is 4.28. The lowest BCUT2D eigenvalue weighted by atomic mass is 9.95. The molecule has 2 N–H and O–H groups in total. The molecule has 1 aromatic carbocycles. The van der Waals surface area contributed by atoms with Gasteiger partial charge in [-0.2, -0.15) is 5.10 Å². The molecule has 2 atom stereocenters. The van der Waals surface area contributed by atoms with E-state index in [1.165, 1.54) is 0 Å². The lowest BCUT2D eigenvalue weighted by Gasteiger charge is -2.15. The number of rotatable bonds is 6. The minimum Gasteiger partial charge on any atom is -0.481 e. The summed E-state index contributed by atoms with van der Waals surface area (Å²) in [5.41, 5.74) is 5.23. The van der Waals surface area contributed by atoms with Gasteiger partial charge in [0.1, 0.15) is 0 Å². The second-order valence-electron chi connectivity index (χ2n) is 7.22. The van der Waals surface area contributed by atoms with Gasteiger partial charge in [-0.1, -0.05) is 23.8 Å². The van der Waals surface area contributed by atoms with Gasteiger partial charge in [-0.25, -0.2) is 4.68 Å². The average Bonchev–Trinajstić information content (AvgIpc) is 3.17. The van der Waals surface area contributed by atoms with Crippen molar-refractivity contribution >= 4 is 23.5 Å². The maximum atomic E-state index is 11.9. The Balaban J connectivity index is 1.75. The molecule has 1 amide bonds. The summed E-state index contributed by atoms with van der Waals surface area (Å²) in [5.74, 6) is -1.05. The fourth-order valence-electron chi connectivity index (χ4n) is 3.80. The van der Waals surface area contributed by atoms with Crippen molar-refractivity contribution in [1.29, 1.82) is 0 Å². The number of amides is 1. The SMILES string of the molecule is Cc1cc(Cl)ccc1-n1nc(C)c(C2C=CC(NC(=O)CCC(=O)O)C2)c1C. The molecule has 1 aliphatic rings. The lowest BCUT2D eigenvalue weighted by Crippen LogP contribution is -2.32. The second kappa shape index (κ2) is 8.19. The number of aromatic nitrogens is 2. The molecule has 0 spiro atoms. The van der Waals surface area contributed by atoms with Crippen molar-refractivity contribution in [2.24, 2.45) is 0 Å². The van der Waals surface area contributed by atoms with Crippen LogP contribution >= 0.6 is 11.6 Å². The smallest absolute Gasteiger partial charge is 0.303 e. The van der Waals surface area contributed by atoms with E-state index in [9.17, 15) is 9.59 Å². The zero-order chi connectivity index (χ0) is 20.4. The molecule has 6 nitrogen and oxygen atoms in total. The maximum absolute atomic E-state index is 11.9. The standard InChI is InChI=1S/C21H24ClN3O3/c1-12-10-16(22)5-7-18(12)25-14(3)21(13(2)24-25)15-4-6-17(11-15)23-19(26)8-9-20(27)28/h4-7,10,15,17H,8-9,11H2,1-3H3,(H,23,26)(H,27,28). The molecule has 2 unspecified atom stereocenters. The van der Waals surface area contributed by atoms with Crippen molar-refractivity contribution in [2.45, 2.75) is 52.0 Å². The van der Waals surface area contributed by atoms with Crippen LogP contribution in [0.25, 0.3) is 5.69 Å². The van der Waals surface area contributed by atoms with Crippen LogP contribution in [0.3, 0.4) is 0 Å². The van der Waals surface area contributed by atoms with Crippen LogP contribution < -0.4 is 5.32 Å². The summed E-state index contributed by atoms with van der Waals surface area (Å²) < 4.78 is 1.95. The fraction of sp³-hybridized carbons (Fsp3) is 0.381. The van der Waals surface area contributed by atoms with Crippen LogP contribution in [0, 0.1) is 20.8 Å². The van der Waals surface area contributed by atoms with Crippen LogP contribution in [0.5, 0.6) is 0 Å². The summed E-state index contributed by atoms with van der Waals surface area (Å²) in [4.78, 5) is 22.5. The second-order valence-corrected chi connectivity index (χ2v) is 7.66. The molecule has 1 aromatic heterocycles. The third-order valence-corrected chi connectivity index (χ3v) is 5.34. The first-order valence-electron chi connectivity index (χ1n) is 9.28. The quantitative estimate of drug-likeness (QED) is 0.720. The number of carboxylic acid groups (broad SMARTS) is 1. The average molecular weight is 402 g/mol. The van der Waals surface area contributed by atoms with Crippen LogP contribution in [0.1, 0.15) is 47.7 Å². The van der Waals surface area contributed by atoms with Gasteiger partial charge in [0.15, 0.2) is 0 Å². The van der Waals surface area contributed by atoms with E-state index in [0.717, 1.165) is 34.6 Å². The van der Waals surface area contributed by atoms with Gasteiger partial charge in [0.2, 0.25) is 5.91 Å². The van der Waals surface area contributed by atoms with Crippen LogP contribution in [-0.2, 0) is 9.59 Å². The fourth-order valence-corrected chi connectivity index (χ4v) is 4.03. The highest BCUT2D eigenvalue weighted by atomic mass is 35.5. The van der Waals surface area contributed by atoms with Gasteiger partial charge in [-0.3, -0.25) is 9.59 Å². The number of hydrogen-bond donors (Lipinski definition) is 2. The monoisotopic (exact) mass is 401 g/mol. The highest BCUT2D eigenvalue weighted by Gasteiger charge is 2.27. The number of carbonyl (C=O) groups is 2. The third-order valence-electron chi connectivity index (χ3n) is 5.10. The van der Waals surface area contributed by atoms with Crippen molar-refractivity contribution in [3.8, 4) is 5.69 Å². The molecule has 1 heterocycles. The van der Waals surface area contributed by atoms with E-state index >= 15 is 0 Å². The van der Waals surface area contributed by atoms with E-state index in [1.54, 1.807) is 0 Å². The van der Waals surface area contributed by atoms with E-state index in [-0.39, 0.29) is 30.7 Å². The van der Waals surface area contributed by atoms with E-state index < -0.39 is 5.97 Å². The van der Waals surface area contributed by atoms with Gasteiger partial charge in [0.05, 0.1) is 17.8 Å². The summed E-state index contributed by atoms with van der Waals surface area (Å²) >= 11 is 6.08. The molecular weight excluding hydrogens is 378 g/mol. The Bertz CT molecular complexity index is 949. The molecule has 3 rings (SSSR count). The Hall–Kier alpha value is -2.60. The van der Waals surface area contributed by atoms with Crippen molar-refractivity contribution < 1.29 is 14.7 Å². The van der Waals surface area contributed by atoms with E-state index in [2.05, 4.69) is 18.3 Å². The molecule has 0 saturated carbocycles. The summed E-state index contributed by atoms with van der Waals surface area (Å²) in [6.45, 7) is 6.06. The Morgan fingerprint density at radius 2 is 2.00 bits per heavy atom. The number of allylic oxidation sites excluding steroid dienone is 1. The largest absolute Gasteiger partial charge is 0.481 e. The van der Waals surface area contributed by atoms with Gasteiger partial charge >= 0.3 is 5.97 Å². The Kier molecular flexibility index (Phi) is 5.89. The predicted molar refractivity (Wildman–Crippen MR) is 108 cm³/mol. The van der Waals surface area contributed by atoms with E-state index in [0.29, 0.717) is 5.02 Å². The topological polar surface area (TPSA) is 84.2 Å². The number of benzene rings is 1. The van der Waals surface area contributed by atoms with Gasteiger partial charge in [0, 0.05) is 34.7 Å². The number of nitrogens with one attached hydrogen (secondary N) is 1. The molecule has 0 fully saturated rings. The molecule has 0 radical (unpaired) electrons. The van der Waals surface area contributed by atoms with Crippen molar-refractivity contribution in [3.05, 3.63) is 57.9 Å². The lowest BCUT2D eigenvalue weighted by molar-refractivity contribution is -0.138. The summed E-state index contributed by atoms with van der Waals surface area (Å²) in [6, 6.07) is 5.66.